The van der Waals surface area contributed by atoms with Gasteiger partial charge in [-0.15, -0.1) is 0 Å². The van der Waals surface area contributed by atoms with Crippen LogP contribution in [0.2, 0.25) is 0 Å². The minimum absolute atomic E-state index is 0.401. The van der Waals surface area contributed by atoms with Crippen LogP contribution in [0.3, 0.4) is 0 Å². The Morgan fingerprint density at radius 2 is 1.94 bits per heavy atom. The third kappa shape index (κ3) is 3.01. The van der Waals surface area contributed by atoms with Crippen LogP contribution in [0.1, 0.15) is 38.5 Å². The van der Waals surface area contributed by atoms with Gasteiger partial charge in [0.05, 0.1) is 18.8 Å². The van der Waals surface area contributed by atoms with Crippen LogP contribution < -0.4 is 5.32 Å². The van der Waals surface area contributed by atoms with Crippen molar-refractivity contribution in [1.29, 1.82) is 0 Å². The molecule has 0 aromatic carbocycles. The third-order valence-corrected chi connectivity index (χ3v) is 4.65. The van der Waals surface area contributed by atoms with E-state index in [2.05, 4.69) is 5.32 Å². The summed E-state index contributed by atoms with van der Waals surface area (Å²) < 4.78 is 11.8. The molecule has 3 unspecified atom stereocenters. The van der Waals surface area contributed by atoms with Crippen LogP contribution in [0, 0.1) is 11.8 Å². The Morgan fingerprint density at radius 3 is 2.71 bits per heavy atom. The van der Waals surface area contributed by atoms with E-state index < -0.39 is 0 Å². The Kier molecular flexibility index (Phi) is 3.99. The van der Waals surface area contributed by atoms with Crippen LogP contribution in [0.25, 0.3) is 0 Å². The average Bonchev–Trinajstić information content (AvgIpc) is 3.01. The first-order chi connectivity index (χ1) is 8.42. The predicted octanol–water partition coefficient (Wildman–Crippen LogP) is 1.96. The summed E-state index contributed by atoms with van der Waals surface area (Å²) in [7, 11) is 0. The first-order valence-corrected chi connectivity index (χ1v) is 7.36. The van der Waals surface area contributed by atoms with Crippen molar-refractivity contribution in [3.8, 4) is 0 Å². The molecule has 1 aliphatic carbocycles. The molecule has 3 aliphatic rings. The molecule has 2 heterocycles. The summed E-state index contributed by atoms with van der Waals surface area (Å²) in [5.41, 5.74) is 0. The SMILES string of the molecule is C1CCC(CC2CNCC(C3CCOC3)O2)C1. The molecule has 17 heavy (non-hydrogen) atoms. The lowest BCUT2D eigenvalue weighted by Crippen LogP contribution is -2.48. The molecule has 0 aromatic heterocycles. The van der Waals surface area contributed by atoms with E-state index in [-0.39, 0.29) is 0 Å². The van der Waals surface area contributed by atoms with Gasteiger partial charge in [0, 0.05) is 25.6 Å². The summed E-state index contributed by atoms with van der Waals surface area (Å²) in [5, 5.41) is 3.56. The molecule has 98 valence electrons. The first kappa shape index (κ1) is 11.9. The maximum absolute atomic E-state index is 6.29. The van der Waals surface area contributed by atoms with E-state index >= 15 is 0 Å². The molecule has 2 saturated heterocycles. The van der Waals surface area contributed by atoms with Gasteiger partial charge in [-0.25, -0.2) is 0 Å². The van der Waals surface area contributed by atoms with E-state index in [1.807, 2.05) is 0 Å². The second-order valence-electron chi connectivity index (χ2n) is 5.96. The van der Waals surface area contributed by atoms with Gasteiger partial charge in [0.15, 0.2) is 0 Å². The minimum atomic E-state index is 0.401. The van der Waals surface area contributed by atoms with Gasteiger partial charge in [-0.1, -0.05) is 25.7 Å². The zero-order valence-corrected chi connectivity index (χ0v) is 10.7. The molecule has 2 aliphatic heterocycles. The van der Waals surface area contributed by atoms with Crippen molar-refractivity contribution in [2.24, 2.45) is 11.8 Å². The molecular weight excluding hydrogens is 214 g/mol. The van der Waals surface area contributed by atoms with Crippen molar-refractivity contribution in [3.63, 3.8) is 0 Å². The van der Waals surface area contributed by atoms with E-state index in [0.29, 0.717) is 18.1 Å². The molecule has 0 amide bonds. The van der Waals surface area contributed by atoms with Crippen LogP contribution in [0.5, 0.6) is 0 Å². The van der Waals surface area contributed by atoms with Gasteiger partial charge >= 0.3 is 0 Å². The van der Waals surface area contributed by atoms with Crippen molar-refractivity contribution < 1.29 is 9.47 Å². The molecular formula is C14H25NO2. The van der Waals surface area contributed by atoms with E-state index in [9.17, 15) is 0 Å². The van der Waals surface area contributed by atoms with Gasteiger partial charge in [0.1, 0.15) is 0 Å². The summed E-state index contributed by atoms with van der Waals surface area (Å²) in [4.78, 5) is 0. The molecule has 3 rings (SSSR count). The maximum atomic E-state index is 6.29. The molecule has 1 saturated carbocycles. The highest BCUT2D eigenvalue weighted by Crippen LogP contribution is 2.31. The molecule has 0 bridgehead atoms. The lowest BCUT2D eigenvalue weighted by Gasteiger charge is -2.35. The second kappa shape index (κ2) is 5.68. The zero-order chi connectivity index (χ0) is 11.5. The Morgan fingerprint density at radius 1 is 1.06 bits per heavy atom. The molecule has 3 fully saturated rings. The second-order valence-corrected chi connectivity index (χ2v) is 5.96. The highest BCUT2D eigenvalue weighted by Gasteiger charge is 2.32. The standard InChI is InChI=1S/C14H25NO2/c1-2-4-11(3-1)7-13-8-15-9-14(17-13)12-5-6-16-10-12/h11-15H,1-10H2. The van der Waals surface area contributed by atoms with E-state index in [4.69, 9.17) is 9.47 Å². The molecule has 0 spiro atoms. The van der Waals surface area contributed by atoms with Crippen molar-refractivity contribution in [1.82, 2.24) is 5.32 Å². The van der Waals surface area contributed by atoms with Gasteiger partial charge in [0.2, 0.25) is 0 Å². The Labute approximate surface area is 104 Å². The quantitative estimate of drug-likeness (QED) is 0.816. The molecule has 0 radical (unpaired) electrons. The first-order valence-electron chi connectivity index (χ1n) is 7.36. The number of nitrogens with one attached hydrogen (secondary N) is 1. The van der Waals surface area contributed by atoms with Crippen molar-refractivity contribution >= 4 is 0 Å². The average molecular weight is 239 g/mol. The lowest BCUT2D eigenvalue weighted by molar-refractivity contribution is -0.0740. The van der Waals surface area contributed by atoms with Gasteiger partial charge in [-0.2, -0.15) is 0 Å². The minimum Gasteiger partial charge on any atom is -0.381 e. The van der Waals surface area contributed by atoms with Crippen molar-refractivity contribution in [2.75, 3.05) is 26.3 Å². The van der Waals surface area contributed by atoms with Crippen LogP contribution in [0.4, 0.5) is 0 Å². The highest BCUT2D eigenvalue weighted by molar-refractivity contribution is 4.83. The van der Waals surface area contributed by atoms with Crippen LogP contribution >= 0.6 is 0 Å². The molecule has 0 aromatic rings. The molecule has 3 heteroatoms. The summed E-state index contributed by atoms with van der Waals surface area (Å²) in [6.07, 6.45) is 9.04. The number of morpholine rings is 1. The summed E-state index contributed by atoms with van der Waals surface area (Å²) in [5.74, 6) is 1.56. The summed E-state index contributed by atoms with van der Waals surface area (Å²) in [6, 6.07) is 0. The zero-order valence-electron chi connectivity index (χ0n) is 10.7. The van der Waals surface area contributed by atoms with Gasteiger partial charge < -0.3 is 14.8 Å². The highest BCUT2D eigenvalue weighted by atomic mass is 16.5. The van der Waals surface area contributed by atoms with E-state index in [1.165, 1.54) is 38.5 Å². The Bertz CT molecular complexity index is 234. The van der Waals surface area contributed by atoms with Gasteiger partial charge in [-0.3, -0.25) is 0 Å². The van der Waals surface area contributed by atoms with Gasteiger partial charge in [-0.05, 0) is 18.8 Å². The number of ether oxygens (including phenoxy) is 2. The smallest absolute Gasteiger partial charge is 0.0754 e. The molecule has 3 atom stereocenters. The maximum Gasteiger partial charge on any atom is 0.0754 e. The topological polar surface area (TPSA) is 30.5 Å². The van der Waals surface area contributed by atoms with Crippen LogP contribution in [-0.2, 0) is 9.47 Å². The number of hydrogen-bond acceptors (Lipinski definition) is 3. The van der Waals surface area contributed by atoms with Crippen molar-refractivity contribution in [3.05, 3.63) is 0 Å². The Hall–Kier alpha value is -0.120. The van der Waals surface area contributed by atoms with E-state index in [0.717, 1.165) is 32.2 Å². The van der Waals surface area contributed by atoms with Crippen LogP contribution in [-0.4, -0.2) is 38.5 Å². The number of hydrogen-bond donors (Lipinski definition) is 1. The fraction of sp³-hybridized carbons (Fsp3) is 1.00. The van der Waals surface area contributed by atoms with Gasteiger partial charge in [0.25, 0.3) is 0 Å². The fourth-order valence-corrected chi connectivity index (χ4v) is 3.61. The fourth-order valence-electron chi connectivity index (χ4n) is 3.61. The summed E-state index contributed by atoms with van der Waals surface area (Å²) >= 11 is 0. The van der Waals surface area contributed by atoms with E-state index in [1.54, 1.807) is 0 Å². The van der Waals surface area contributed by atoms with Crippen molar-refractivity contribution in [2.45, 2.75) is 50.7 Å². The third-order valence-electron chi connectivity index (χ3n) is 4.65. The lowest BCUT2D eigenvalue weighted by atomic mass is 9.96. The Balaban J connectivity index is 1.48. The predicted molar refractivity (Wildman–Crippen MR) is 67.0 cm³/mol. The molecule has 1 N–H and O–H groups in total. The normalized spacial score (nSPS) is 39.9. The molecule has 3 nitrogen and oxygen atoms in total. The van der Waals surface area contributed by atoms with Crippen LogP contribution in [0.15, 0.2) is 0 Å². The largest absolute Gasteiger partial charge is 0.381 e. The summed E-state index contributed by atoms with van der Waals surface area (Å²) in [6.45, 7) is 3.91. The monoisotopic (exact) mass is 239 g/mol. The number of rotatable bonds is 3.